The fourth-order valence-corrected chi connectivity index (χ4v) is 8.45. The summed E-state index contributed by atoms with van der Waals surface area (Å²) in [5.41, 5.74) is 13.3. The lowest BCUT2D eigenvalue weighted by atomic mass is 10.2. The van der Waals surface area contributed by atoms with Gasteiger partial charge >= 0.3 is 18.5 Å². The van der Waals surface area contributed by atoms with Crippen LogP contribution in [0.2, 0.25) is 0 Å². The summed E-state index contributed by atoms with van der Waals surface area (Å²) in [6.45, 7) is 4.22. The van der Waals surface area contributed by atoms with E-state index < -0.39 is 108 Å². The van der Waals surface area contributed by atoms with Crippen LogP contribution in [0, 0.1) is 34.0 Å². The summed E-state index contributed by atoms with van der Waals surface area (Å²) < 4.78 is 150. The number of benzene rings is 3. The SMILES string of the molecule is CSc1nc(N)nc(N[C@@H](C)C(=O)Nc2cccc(C(F)(F)F)c2)c1C#N.C[C@H](Nc1nc(N)nc(S(C)(=O)=O)c1C#N)C(=O)Nc1cccc(C(F)(F)F)c1.C[C@H](Nc1nc(N)nc(S(C)=O)c1C#N)C(=O)Nc1cccc(C(F)(F)F)c1. The molecular formula is C48H45F9N18O6S3. The second kappa shape index (κ2) is 27.9. The molecular weight excluding hydrogens is 1190 g/mol. The van der Waals surface area contributed by atoms with Crippen molar-refractivity contribution in [2.45, 2.75) is 72.5 Å². The van der Waals surface area contributed by atoms with Crippen molar-refractivity contribution in [3.63, 3.8) is 0 Å². The minimum absolute atomic E-state index is 0.00372. The van der Waals surface area contributed by atoms with Crippen molar-refractivity contribution >= 4 is 102 Å². The Hall–Kier alpha value is -9.60. The van der Waals surface area contributed by atoms with E-state index in [2.05, 4.69) is 61.8 Å². The number of nitrogens with two attached hydrogens (primary N) is 3. The molecule has 444 valence electrons. The highest BCUT2D eigenvalue weighted by Gasteiger charge is 2.33. The molecule has 36 heteroatoms. The summed E-state index contributed by atoms with van der Waals surface area (Å²) in [5, 5.41) is 42.4. The summed E-state index contributed by atoms with van der Waals surface area (Å²) in [6, 6.07) is 14.8. The molecule has 3 heterocycles. The van der Waals surface area contributed by atoms with Crippen molar-refractivity contribution in [2.24, 2.45) is 0 Å². The van der Waals surface area contributed by atoms with Gasteiger partial charge < -0.3 is 49.1 Å². The molecule has 24 nitrogen and oxygen atoms in total. The quantitative estimate of drug-likeness (QED) is 0.0283. The molecule has 0 aliphatic heterocycles. The Labute approximate surface area is 477 Å². The molecule has 4 atom stereocenters. The van der Waals surface area contributed by atoms with Gasteiger partial charge in [0.25, 0.3) is 0 Å². The largest absolute Gasteiger partial charge is 0.416 e. The van der Waals surface area contributed by atoms with Crippen LogP contribution in [0.15, 0.2) is 87.9 Å². The topological polar surface area (TPSA) is 401 Å². The number of aromatic nitrogens is 6. The zero-order chi connectivity index (χ0) is 63.2. The molecule has 0 aliphatic carbocycles. The van der Waals surface area contributed by atoms with Crippen molar-refractivity contribution in [2.75, 3.05) is 67.9 Å². The predicted molar refractivity (Wildman–Crippen MR) is 290 cm³/mol. The number of carbonyl (C=O) groups is 3. The Morgan fingerprint density at radius 2 is 0.881 bits per heavy atom. The van der Waals surface area contributed by atoms with Crippen LogP contribution in [0.3, 0.4) is 0 Å². The average molecular weight is 1240 g/mol. The molecule has 0 fully saturated rings. The van der Waals surface area contributed by atoms with Gasteiger partial charge in [-0.25, -0.2) is 18.4 Å². The van der Waals surface area contributed by atoms with Crippen molar-refractivity contribution in [3.8, 4) is 18.2 Å². The third kappa shape index (κ3) is 18.7. The number of nitriles is 3. The third-order valence-electron chi connectivity index (χ3n) is 10.4. The summed E-state index contributed by atoms with van der Waals surface area (Å²) >= 11 is 1.19. The first-order valence-corrected chi connectivity index (χ1v) is 27.7. The number of hydrogen-bond donors (Lipinski definition) is 9. The Bertz CT molecular complexity index is 3720. The number of anilines is 9. The first kappa shape index (κ1) is 66.9. The van der Waals surface area contributed by atoms with E-state index in [0.717, 1.165) is 54.8 Å². The van der Waals surface area contributed by atoms with Gasteiger partial charge in [-0.3, -0.25) is 18.6 Å². The second-order valence-corrected chi connectivity index (χ2v) is 20.9. The Morgan fingerprint density at radius 3 is 1.19 bits per heavy atom. The van der Waals surface area contributed by atoms with Gasteiger partial charge in [0, 0.05) is 29.6 Å². The number of amides is 3. The summed E-state index contributed by atoms with van der Waals surface area (Å²) in [5.74, 6) is -3.16. The maximum Gasteiger partial charge on any atom is 0.416 e. The lowest BCUT2D eigenvalue weighted by Gasteiger charge is -2.17. The van der Waals surface area contributed by atoms with E-state index in [9.17, 15) is 82.3 Å². The van der Waals surface area contributed by atoms with Gasteiger partial charge in [0.15, 0.2) is 37.3 Å². The molecule has 0 saturated heterocycles. The van der Waals surface area contributed by atoms with Gasteiger partial charge in [0.1, 0.15) is 58.0 Å². The van der Waals surface area contributed by atoms with Crippen LogP contribution >= 0.6 is 11.8 Å². The molecule has 84 heavy (non-hydrogen) atoms. The number of nitrogen functional groups attached to an aromatic ring is 3. The number of sulfone groups is 1. The summed E-state index contributed by atoms with van der Waals surface area (Å²) in [6.07, 6.45) is -9.81. The minimum atomic E-state index is -4.58. The fraction of sp³-hybridized carbons (Fsp3) is 0.250. The lowest BCUT2D eigenvalue weighted by Crippen LogP contribution is -2.33. The highest BCUT2D eigenvalue weighted by Crippen LogP contribution is 2.34. The lowest BCUT2D eigenvalue weighted by molar-refractivity contribution is -0.138. The number of nitrogens with one attached hydrogen (secondary N) is 6. The molecule has 0 bridgehead atoms. The predicted octanol–water partition coefficient (Wildman–Crippen LogP) is 7.03. The van der Waals surface area contributed by atoms with Gasteiger partial charge in [-0.15, -0.1) is 11.8 Å². The number of rotatable bonds is 15. The van der Waals surface area contributed by atoms with Crippen molar-refractivity contribution < 1.29 is 66.5 Å². The maximum atomic E-state index is 12.8. The van der Waals surface area contributed by atoms with Gasteiger partial charge in [0.2, 0.25) is 35.6 Å². The van der Waals surface area contributed by atoms with E-state index in [1.807, 2.05) is 6.07 Å². The maximum absolute atomic E-state index is 12.8. The van der Waals surface area contributed by atoms with Crippen LogP contribution in [-0.2, 0) is 53.5 Å². The van der Waals surface area contributed by atoms with Gasteiger partial charge in [-0.05, 0) is 81.6 Å². The van der Waals surface area contributed by atoms with Crippen molar-refractivity contribution in [3.05, 3.63) is 106 Å². The molecule has 0 aliphatic rings. The van der Waals surface area contributed by atoms with E-state index >= 15 is 0 Å². The van der Waals surface area contributed by atoms with Crippen LogP contribution in [0.25, 0.3) is 0 Å². The van der Waals surface area contributed by atoms with Gasteiger partial charge in [-0.1, -0.05) is 18.2 Å². The monoisotopic (exact) mass is 1240 g/mol. The van der Waals surface area contributed by atoms with Gasteiger partial charge in [-0.2, -0.15) is 75.2 Å². The molecule has 6 rings (SSSR count). The third-order valence-corrected chi connectivity index (χ3v) is 13.0. The van der Waals surface area contributed by atoms with Crippen LogP contribution < -0.4 is 49.1 Å². The highest BCUT2D eigenvalue weighted by molar-refractivity contribution is 7.98. The Balaban J connectivity index is 0.000000270. The van der Waals surface area contributed by atoms with Crippen LogP contribution in [-0.4, -0.2) is 97.1 Å². The normalized spacial score (nSPS) is 12.7. The van der Waals surface area contributed by atoms with E-state index in [1.165, 1.54) is 63.1 Å². The first-order valence-electron chi connectivity index (χ1n) is 23.0. The minimum Gasteiger partial charge on any atom is -0.368 e. The molecule has 0 spiro atoms. The molecule has 3 aromatic heterocycles. The van der Waals surface area contributed by atoms with Crippen LogP contribution in [0.1, 0.15) is 54.2 Å². The zero-order valence-electron chi connectivity index (χ0n) is 44.0. The average Bonchev–Trinajstić information content (AvgIpc) is 3.52. The first-order chi connectivity index (χ1) is 39.0. The molecule has 1 unspecified atom stereocenters. The second-order valence-electron chi connectivity index (χ2n) is 16.9. The summed E-state index contributed by atoms with van der Waals surface area (Å²) in [7, 11) is -5.54. The molecule has 0 saturated carbocycles. The molecule has 12 N–H and O–H groups in total. The number of halogens is 9. The highest BCUT2D eigenvalue weighted by atomic mass is 32.2. The smallest absolute Gasteiger partial charge is 0.368 e. The van der Waals surface area contributed by atoms with Gasteiger partial charge in [0.05, 0.1) is 27.5 Å². The Kier molecular flexibility index (Phi) is 22.2. The van der Waals surface area contributed by atoms with E-state index in [1.54, 1.807) is 18.4 Å². The van der Waals surface area contributed by atoms with E-state index in [-0.39, 0.29) is 62.6 Å². The van der Waals surface area contributed by atoms with Crippen molar-refractivity contribution in [1.29, 1.82) is 15.8 Å². The van der Waals surface area contributed by atoms with E-state index in [4.69, 9.17) is 17.2 Å². The molecule has 0 radical (unpaired) electrons. The number of thioether (sulfide) groups is 1. The number of nitrogens with zero attached hydrogens (tertiary/aromatic N) is 9. The number of carbonyl (C=O) groups excluding carboxylic acids is 3. The molecule has 6 aromatic rings. The number of alkyl halides is 9. The summed E-state index contributed by atoms with van der Waals surface area (Å²) in [4.78, 5) is 59.6. The Morgan fingerprint density at radius 1 is 0.560 bits per heavy atom. The fourth-order valence-electron chi connectivity index (χ4n) is 6.49. The zero-order valence-corrected chi connectivity index (χ0v) is 46.4. The van der Waals surface area contributed by atoms with Crippen LogP contribution in [0.5, 0.6) is 0 Å². The van der Waals surface area contributed by atoms with E-state index in [0.29, 0.717) is 5.03 Å². The van der Waals surface area contributed by atoms with Crippen LogP contribution in [0.4, 0.5) is 91.9 Å². The standard InChI is InChI=1S/C16H15F3N6O3S.C16H15F3N6O2S.C16H15F3N6OS/c1-8(13(26)23-10-5-3-4-9(6-10)16(17,18)19)22-12-11(7-20)14(29(2,27)28)25-15(21)24-12;1-8(13(26)23-10-5-3-4-9(6-10)16(17,18)19)22-12-11(7-20)14(28(2)27)25-15(21)24-12;1-8(22-12-11(7-20)14(27-2)25-15(21)24-12)13(26)23-10-5-3-4-9(6-10)16(17,18)19/h3-6,8H,1-2H3,(H,23,26)(H3,21,22,24,25);3-6,8H,1-2H3,(H,23,26)(H3,21,22,24,25);3-6,8H,1-2H3,(H,23,26)(H3,21,22,24,25)/t8-;8-,28?;8-/m000/s1. The molecule has 3 aromatic carbocycles. The molecule has 3 amide bonds. The number of hydrogen-bond acceptors (Lipinski definition) is 22. The van der Waals surface area contributed by atoms with Crippen molar-refractivity contribution in [1.82, 2.24) is 29.9 Å².